The molecular formula is C13H22N4. The second kappa shape index (κ2) is 8.44. The zero-order valence-electron chi connectivity index (χ0n) is 11.6. The molecule has 1 rings (SSSR count). The van der Waals surface area contributed by atoms with Crippen molar-refractivity contribution in [3.8, 4) is 0 Å². The number of allylic oxidation sites excluding steroid dienone is 3. The van der Waals surface area contributed by atoms with Crippen LogP contribution in [0.2, 0.25) is 0 Å². The maximum atomic E-state index is 4.32. The molecule has 0 bridgehead atoms. The summed E-state index contributed by atoms with van der Waals surface area (Å²) in [4.78, 5) is 4.32. The van der Waals surface area contributed by atoms with Gasteiger partial charge >= 0.3 is 0 Å². The minimum absolute atomic E-state index is 0.775. The van der Waals surface area contributed by atoms with Gasteiger partial charge in [0.2, 0.25) is 0 Å². The van der Waals surface area contributed by atoms with Gasteiger partial charge in [-0.25, -0.2) is 9.67 Å². The highest BCUT2D eigenvalue weighted by molar-refractivity contribution is 5.81. The van der Waals surface area contributed by atoms with Gasteiger partial charge in [-0.1, -0.05) is 25.1 Å². The molecule has 0 fully saturated rings. The number of hydrogen-bond donors (Lipinski definition) is 0. The number of aliphatic imine (C=N–C) groups is 1. The minimum atomic E-state index is 0.775. The molecule has 4 nitrogen and oxygen atoms in total. The highest BCUT2D eigenvalue weighted by atomic mass is 15.4. The first-order valence-electron chi connectivity index (χ1n) is 5.90. The van der Waals surface area contributed by atoms with E-state index in [-0.39, 0.29) is 0 Å². The molecule has 94 valence electrons. The third-order valence-corrected chi connectivity index (χ3v) is 1.96. The van der Waals surface area contributed by atoms with Crippen LogP contribution in [0.5, 0.6) is 0 Å². The predicted molar refractivity (Wildman–Crippen MR) is 74.0 cm³/mol. The van der Waals surface area contributed by atoms with Gasteiger partial charge in [0.25, 0.3) is 0 Å². The number of nitrogens with zero attached hydrogens (tertiary/aromatic N) is 4. The van der Waals surface area contributed by atoms with E-state index < -0.39 is 0 Å². The summed E-state index contributed by atoms with van der Waals surface area (Å²) >= 11 is 0. The van der Waals surface area contributed by atoms with Crippen molar-refractivity contribution in [1.82, 2.24) is 15.0 Å². The molecule has 0 aromatic carbocycles. The summed E-state index contributed by atoms with van der Waals surface area (Å²) in [5.74, 6) is 0.775. The Morgan fingerprint density at radius 1 is 1.29 bits per heavy atom. The summed E-state index contributed by atoms with van der Waals surface area (Å²) in [6, 6.07) is 0. The van der Waals surface area contributed by atoms with Crippen LogP contribution in [0.15, 0.2) is 28.9 Å². The fourth-order valence-corrected chi connectivity index (χ4v) is 0.968. The Morgan fingerprint density at radius 3 is 2.35 bits per heavy atom. The van der Waals surface area contributed by atoms with Gasteiger partial charge in [0.05, 0.1) is 11.9 Å². The van der Waals surface area contributed by atoms with Crippen LogP contribution < -0.4 is 0 Å². The SMILES string of the molecule is CC.C\C=C(C)/C=N\C(=C/C)n1cc(C)nn1. The number of aromatic nitrogens is 3. The lowest BCUT2D eigenvalue weighted by Crippen LogP contribution is -1.96. The number of aryl methyl sites for hydroxylation is 1. The van der Waals surface area contributed by atoms with Crippen LogP contribution >= 0.6 is 0 Å². The van der Waals surface area contributed by atoms with E-state index >= 15 is 0 Å². The summed E-state index contributed by atoms with van der Waals surface area (Å²) in [5, 5.41) is 7.87. The molecule has 0 saturated heterocycles. The molecule has 0 unspecified atom stereocenters. The van der Waals surface area contributed by atoms with E-state index in [1.807, 2.05) is 66.1 Å². The Balaban J connectivity index is 0.00000121. The largest absolute Gasteiger partial charge is 0.237 e. The summed E-state index contributed by atoms with van der Waals surface area (Å²) in [6.07, 6.45) is 7.56. The number of hydrogen-bond acceptors (Lipinski definition) is 3. The molecular weight excluding hydrogens is 212 g/mol. The molecule has 0 spiro atoms. The van der Waals surface area contributed by atoms with Crippen LogP contribution in [0.1, 0.15) is 40.3 Å². The molecule has 1 aromatic heterocycles. The van der Waals surface area contributed by atoms with E-state index in [9.17, 15) is 0 Å². The van der Waals surface area contributed by atoms with Gasteiger partial charge in [-0.15, -0.1) is 5.10 Å². The van der Waals surface area contributed by atoms with Crippen LogP contribution in [-0.4, -0.2) is 21.2 Å². The van der Waals surface area contributed by atoms with Crippen molar-refractivity contribution in [3.05, 3.63) is 29.6 Å². The zero-order valence-corrected chi connectivity index (χ0v) is 11.6. The molecule has 0 N–H and O–H groups in total. The van der Waals surface area contributed by atoms with Crippen LogP contribution in [0.3, 0.4) is 0 Å². The smallest absolute Gasteiger partial charge is 0.150 e. The highest BCUT2D eigenvalue weighted by Crippen LogP contribution is 2.05. The Kier molecular flexibility index (Phi) is 7.59. The van der Waals surface area contributed by atoms with Crippen molar-refractivity contribution < 1.29 is 0 Å². The lowest BCUT2D eigenvalue weighted by atomic mass is 10.3. The summed E-state index contributed by atoms with van der Waals surface area (Å²) in [6.45, 7) is 11.8. The van der Waals surface area contributed by atoms with Crippen molar-refractivity contribution in [2.24, 2.45) is 4.99 Å². The van der Waals surface area contributed by atoms with Crippen molar-refractivity contribution in [3.63, 3.8) is 0 Å². The van der Waals surface area contributed by atoms with E-state index in [1.54, 1.807) is 4.68 Å². The van der Waals surface area contributed by atoms with Gasteiger partial charge in [-0.05, 0) is 39.3 Å². The van der Waals surface area contributed by atoms with Gasteiger partial charge in [0.1, 0.15) is 0 Å². The Bertz CT molecular complexity index is 411. The van der Waals surface area contributed by atoms with Gasteiger partial charge < -0.3 is 0 Å². The van der Waals surface area contributed by atoms with Gasteiger partial charge in [-0.3, -0.25) is 0 Å². The summed E-state index contributed by atoms with van der Waals surface area (Å²) in [5.41, 5.74) is 2.00. The molecule has 0 amide bonds. The van der Waals surface area contributed by atoms with E-state index in [0.29, 0.717) is 0 Å². The van der Waals surface area contributed by atoms with Crippen molar-refractivity contribution in [2.45, 2.75) is 41.5 Å². The average Bonchev–Trinajstić information content (AvgIpc) is 2.79. The van der Waals surface area contributed by atoms with Gasteiger partial charge in [0.15, 0.2) is 5.82 Å². The van der Waals surface area contributed by atoms with E-state index in [2.05, 4.69) is 15.3 Å². The molecule has 1 aromatic rings. The second-order valence-corrected chi connectivity index (χ2v) is 3.24. The lowest BCUT2D eigenvalue weighted by Gasteiger charge is -1.98. The molecule has 0 aliphatic rings. The molecule has 0 radical (unpaired) electrons. The van der Waals surface area contributed by atoms with Crippen molar-refractivity contribution in [2.75, 3.05) is 0 Å². The Morgan fingerprint density at radius 2 is 1.94 bits per heavy atom. The van der Waals surface area contributed by atoms with Crippen LogP contribution in [0.25, 0.3) is 5.82 Å². The van der Waals surface area contributed by atoms with Gasteiger partial charge in [0, 0.05) is 6.21 Å². The molecule has 4 heteroatoms. The first-order chi connectivity index (χ1) is 8.17. The van der Waals surface area contributed by atoms with Crippen LogP contribution in [0, 0.1) is 6.92 Å². The summed E-state index contributed by atoms with van der Waals surface area (Å²) in [7, 11) is 0. The fourth-order valence-electron chi connectivity index (χ4n) is 0.968. The Hall–Kier alpha value is -1.71. The fraction of sp³-hybridized carbons (Fsp3) is 0.462. The molecule has 1 heterocycles. The third-order valence-electron chi connectivity index (χ3n) is 1.96. The predicted octanol–water partition coefficient (Wildman–Crippen LogP) is 3.47. The van der Waals surface area contributed by atoms with Crippen molar-refractivity contribution in [1.29, 1.82) is 0 Å². The quantitative estimate of drug-likeness (QED) is 0.751. The first kappa shape index (κ1) is 15.3. The van der Waals surface area contributed by atoms with Gasteiger partial charge in [-0.2, -0.15) is 0 Å². The summed E-state index contributed by atoms with van der Waals surface area (Å²) < 4.78 is 1.66. The molecule has 0 aliphatic carbocycles. The van der Waals surface area contributed by atoms with Crippen molar-refractivity contribution >= 4 is 12.0 Å². The molecule has 0 aliphatic heterocycles. The second-order valence-electron chi connectivity index (χ2n) is 3.24. The molecule has 0 saturated carbocycles. The van der Waals surface area contributed by atoms with Crippen LogP contribution in [0.4, 0.5) is 0 Å². The maximum Gasteiger partial charge on any atom is 0.150 e. The first-order valence-corrected chi connectivity index (χ1v) is 5.90. The normalized spacial score (nSPS) is 12.6. The van der Waals surface area contributed by atoms with E-state index in [0.717, 1.165) is 17.1 Å². The van der Waals surface area contributed by atoms with E-state index in [4.69, 9.17) is 0 Å². The third kappa shape index (κ3) is 5.24. The molecule has 17 heavy (non-hydrogen) atoms. The Labute approximate surface area is 104 Å². The highest BCUT2D eigenvalue weighted by Gasteiger charge is 1.98. The maximum absolute atomic E-state index is 4.32. The average molecular weight is 234 g/mol. The standard InChI is InChI=1S/C11H16N4.C2H6/c1-5-9(3)7-12-11(6-2)15-8-10(4)13-14-15;1-2/h5-8H,1-4H3;1-2H3/b9-5-,11-6+,12-7-;. The minimum Gasteiger partial charge on any atom is -0.237 e. The number of rotatable bonds is 3. The zero-order chi connectivity index (χ0) is 13.3. The van der Waals surface area contributed by atoms with Crippen LogP contribution in [-0.2, 0) is 0 Å². The monoisotopic (exact) mass is 234 g/mol. The topological polar surface area (TPSA) is 43.1 Å². The van der Waals surface area contributed by atoms with E-state index in [1.165, 1.54) is 0 Å². The lowest BCUT2D eigenvalue weighted by molar-refractivity contribution is 0.806. The molecule has 0 atom stereocenters.